The lowest BCUT2D eigenvalue weighted by Gasteiger charge is -2.36. The third kappa shape index (κ3) is 7.58. The fourth-order valence-corrected chi connectivity index (χ4v) is 14.0. The predicted octanol–water partition coefficient (Wildman–Crippen LogP) is 8.66. The van der Waals surface area contributed by atoms with Crippen molar-refractivity contribution < 1.29 is 33.2 Å². The number of hydrogen-bond donors (Lipinski definition) is 6. The van der Waals surface area contributed by atoms with Gasteiger partial charge in [-0.25, -0.2) is 4.39 Å². The summed E-state index contributed by atoms with van der Waals surface area (Å²) in [5.74, 6) is -3.76. The number of thiophene rings is 3. The molecule has 0 radical (unpaired) electrons. The van der Waals surface area contributed by atoms with Crippen molar-refractivity contribution in [1.29, 1.82) is 0 Å². The van der Waals surface area contributed by atoms with Gasteiger partial charge in [0, 0.05) is 34.4 Å². The zero-order valence-corrected chi connectivity index (χ0v) is 37.3. The molecule has 6 aromatic rings. The molecule has 3 aromatic heterocycles. The van der Waals surface area contributed by atoms with Gasteiger partial charge in [-0.1, -0.05) is 61.5 Å². The van der Waals surface area contributed by atoms with Gasteiger partial charge in [0.1, 0.15) is 20.8 Å². The van der Waals surface area contributed by atoms with E-state index in [1.807, 2.05) is 55.5 Å². The number of hydrogen-bond acceptors (Lipinski definition) is 9. The van der Waals surface area contributed by atoms with Gasteiger partial charge in [-0.15, -0.1) is 34.0 Å². The fourth-order valence-electron chi connectivity index (χ4n) is 9.79. The lowest BCUT2D eigenvalue weighted by molar-refractivity contribution is -0.117. The summed E-state index contributed by atoms with van der Waals surface area (Å²) in [6.45, 7) is 3.36. The van der Waals surface area contributed by atoms with E-state index in [0.29, 0.717) is 64.7 Å². The summed E-state index contributed by atoms with van der Waals surface area (Å²) in [4.78, 5) is 81.6. The van der Waals surface area contributed by atoms with Gasteiger partial charge in [-0.2, -0.15) is 0 Å². The van der Waals surface area contributed by atoms with E-state index in [1.165, 1.54) is 53.1 Å². The number of rotatable bonds is 12. The summed E-state index contributed by atoms with van der Waals surface area (Å²) in [7, 11) is 0. The highest BCUT2D eigenvalue weighted by molar-refractivity contribution is 7.21. The molecule has 3 aromatic carbocycles. The van der Waals surface area contributed by atoms with E-state index in [2.05, 4.69) is 16.0 Å². The first-order valence-corrected chi connectivity index (χ1v) is 23.3. The molecule has 0 aliphatic heterocycles. The second-order valence-electron chi connectivity index (χ2n) is 16.8. The van der Waals surface area contributed by atoms with Crippen molar-refractivity contribution in [3.63, 3.8) is 0 Å². The number of halogens is 1. The van der Waals surface area contributed by atoms with Gasteiger partial charge in [0.05, 0.1) is 16.7 Å². The van der Waals surface area contributed by atoms with Crippen molar-refractivity contribution >= 4 is 84.5 Å². The lowest BCUT2D eigenvalue weighted by atomic mass is 9.68. The highest BCUT2D eigenvalue weighted by Gasteiger charge is 2.42. The Morgan fingerprint density at radius 3 is 1.94 bits per heavy atom. The van der Waals surface area contributed by atoms with Crippen LogP contribution in [-0.2, 0) is 45.5 Å². The Bertz CT molecular complexity index is 3000. The molecule has 0 saturated carbocycles. The van der Waals surface area contributed by atoms with Crippen LogP contribution in [0.2, 0.25) is 0 Å². The normalized spacial score (nSPS) is 16.5. The van der Waals surface area contributed by atoms with Crippen LogP contribution >= 0.6 is 34.0 Å². The summed E-state index contributed by atoms with van der Waals surface area (Å²) in [5.41, 5.74) is 25.6. The summed E-state index contributed by atoms with van der Waals surface area (Å²) in [6, 6.07) is 20.2. The second kappa shape index (κ2) is 16.6. The van der Waals surface area contributed by atoms with Crippen LogP contribution in [0.1, 0.15) is 110 Å². The van der Waals surface area contributed by atoms with Crippen LogP contribution in [0.5, 0.6) is 0 Å². The quantitative estimate of drug-likeness (QED) is 0.0706. The Balaban J connectivity index is 0.972. The Labute approximate surface area is 379 Å². The average Bonchev–Trinajstić information content (AvgIpc) is 3.94. The van der Waals surface area contributed by atoms with Gasteiger partial charge >= 0.3 is 0 Å². The van der Waals surface area contributed by atoms with Gasteiger partial charge in [0.15, 0.2) is 0 Å². The first kappa shape index (κ1) is 42.8. The standard InChI is InChI=1S/C48H43FN6O6S3/c1-22(56)53-47-37(44(52)61)38-41(64-47)29-10-6-4-8-26(29)21-48(38,2)18-17-33(58)55-46-36(43(51)60)34-25(19-23-7-3-5-9-28(23)40(34)63-46)12-16-32(57)54-45-35(42(50)59)31-14-11-24-20-27(49)13-15-30(24)39(31)62-45/h3-10,13,15,20,25H,11-12,14,16-19,21H2,1-2H3,(H2,50,59)(H2,51,60)(H2,52,61)(H,53,56)(H,54,57)(H,55,58). The Kier molecular flexibility index (Phi) is 11.1. The topological polar surface area (TPSA) is 217 Å². The Morgan fingerprint density at radius 2 is 1.25 bits per heavy atom. The molecule has 9 N–H and O–H groups in total. The lowest BCUT2D eigenvalue weighted by Crippen LogP contribution is -2.33. The highest BCUT2D eigenvalue weighted by atomic mass is 32.1. The number of amides is 6. The minimum absolute atomic E-state index is 0.0183. The molecule has 0 bridgehead atoms. The fraction of sp³-hybridized carbons (Fsp3) is 0.250. The molecular formula is C48H43FN6O6S3. The molecule has 2 unspecified atom stereocenters. The minimum atomic E-state index is -0.727. The van der Waals surface area contributed by atoms with Gasteiger partial charge in [-0.05, 0) is 112 Å². The maximum atomic E-state index is 14.1. The predicted molar refractivity (Wildman–Crippen MR) is 250 cm³/mol. The number of primary amides is 3. The van der Waals surface area contributed by atoms with Gasteiger partial charge < -0.3 is 33.2 Å². The summed E-state index contributed by atoms with van der Waals surface area (Å²) >= 11 is 3.80. The third-order valence-corrected chi connectivity index (χ3v) is 16.0. The van der Waals surface area contributed by atoms with Crippen molar-refractivity contribution in [3.05, 3.63) is 123 Å². The first-order valence-electron chi connectivity index (χ1n) is 20.8. The van der Waals surface area contributed by atoms with E-state index in [9.17, 15) is 33.2 Å². The number of nitrogens with two attached hydrogens (primary N) is 3. The van der Waals surface area contributed by atoms with Crippen molar-refractivity contribution in [2.24, 2.45) is 17.2 Å². The minimum Gasteiger partial charge on any atom is -0.365 e. The smallest absolute Gasteiger partial charge is 0.252 e. The summed E-state index contributed by atoms with van der Waals surface area (Å²) in [6.07, 6.45) is 2.73. The van der Waals surface area contributed by atoms with Crippen LogP contribution in [0, 0.1) is 5.82 Å². The van der Waals surface area contributed by atoms with Gasteiger partial charge in [0.2, 0.25) is 17.7 Å². The third-order valence-electron chi connectivity index (χ3n) is 12.6. The molecule has 64 heavy (non-hydrogen) atoms. The molecule has 6 amide bonds. The number of carbonyl (C=O) groups is 6. The molecule has 0 saturated heterocycles. The molecule has 2 atom stereocenters. The van der Waals surface area contributed by atoms with E-state index in [-0.39, 0.29) is 59.0 Å². The van der Waals surface area contributed by atoms with E-state index in [1.54, 1.807) is 6.07 Å². The first-order chi connectivity index (χ1) is 30.6. The van der Waals surface area contributed by atoms with Crippen molar-refractivity contribution in [1.82, 2.24) is 0 Å². The molecule has 3 heterocycles. The van der Waals surface area contributed by atoms with Crippen LogP contribution in [0.25, 0.3) is 31.3 Å². The highest BCUT2D eigenvalue weighted by Crippen LogP contribution is 2.54. The van der Waals surface area contributed by atoms with Crippen molar-refractivity contribution in [2.45, 2.75) is 76.5 Å². The largest absolute Gasteiger partial charge is 0.365 e. The number of anilines is 3. The van der Waals surface area contributed by atoms with E-state index >= 15 is 0 Å². The molecule has 9 rings (SSSR count). The van der Waals surface area contributed by atoms with E-state index in [4.69, 9.17) is 17.2 Å². The number of carbonyl (C=O) groups excluding carboxylic acids is 6. The molecule has 326 valence electrons. The number of fused-ring (bicyclic) bond motifs is 9. The molecule has 0 fully saturated rings. The number of aryl methyl sites for hydroxylation is 1. The molecule has 12 nitrogen and oxygen atoms in total. The van der Waals surface area contributed by atoms with Crippen molar-refractivity contribution in [2.75, 3.05) is 16.0 Å². The molecule has 16 heteroatoms. The summed E-state index contributed by atoms with van der Waals surface area (Å²) < 4.78 is 14.0. The zero-order chi connectivity index (χ0) is 45.2. The van der Waals surface area contributed by atoms with Crippen LogP contribution in [-0.4, -0.2) is 35.4 Å². The van der Waals surface area contributed by atoms with Crippen LogP contribution in [0.15, 0.2) is 66.7 Å². The van der Waals surface area contributed by atoms with Crippen LogP contribution < -0.4 is 33.2 Å². The van der Waals surface area contributed by atoms with E-state index in [0.717, 1.165) is 53.6 Å². The SMILES string of the molecule is CC(=O)Nc1sc2c(c1C(N)=O)C(C)(CCC(=O)Nc1sc3c(c1C(N)=O)C(CCC(=O)Nc1sc4c(c1C(N)=O)CCc1cc(F)ccc1-4)Cc1ccccc1-3)Cc1ccccc1-2. The van der Waals surface area contributed by atoms with Gasteiger partial charge in [-0.3, -0.25) is 28.8 Å². The van der Waals surface area contributed by atoms with Crippen molar-refractivity contribution in [3.8, 4) is 31.3 Å². The maximum absolute atomic E-state index is 14.1. The number of nitrogens with one attached hydrogen (secondary N) is 3. The van der Waals surface area contributed by atoms with Gasteiger partial charge in [0.25, 0.3) is 17.7 Å². The van der Waals surface area contributed by atoms with E-state index < -0.39 is 23.1 Å². The molecular weight excluding hydrogens is 872 g/mol. The Hall–Kier alpha value is -6.49. The molecule has 3 aliphatic carbocycles. The second-order valence-corrected chi connectivity index (χ2v) is 19.9. The maximum Gasteiger partial charge on any atom is 0.252 e. The Morgan fingerprint density at radius 1 is 0.672 bits per heavy atom. The average molecular weight is 915 g/mol. The molecule has 0 spiro atoms. The van der Waals surface area contributed by atoms with Crippen LogP contribution in [0.3, 0.4) is 0 Å². The number of benzene rings is 3. The summed E-state index contributed by atoms with van der Waals surface area (Å²) in [5, 5.41) is 9.74. The monoisotopic (exact) mass is 914 g/mol. The zero-order valence-electron chi connectivity index (χ0n) is 34.9. The molecule has 3 aliphatic rings. The van der Waals surface area contributed by atoms with Crippen LogP contribution in [0.4, 0.5) is 19.4 Å².